The molecule has 6 nitrogen and oxygen atoms in total. The number of carbonyl (C=O) groups is 2. The lowest BCUT2D eigenvalue weighted by Gasteiger charge is -2.10. The largest absolute Gasteiger partial charge is 0.494 e. The lowest BCUT2D eigenvalue weighted by molar-refractivity contribution is -0.124. The molecule has 0 saturated heterocycles. The molecule has 0 heterocycles. The van der Waals surface area contributed by atoms with Gasteiger partial charge in [0.2, 0.25) is 11.8 Å². The Balaban J connectivity index is 1.75. The van der Waals surface area contributed by atoms with Gasteiger partial charge in [0.1, 0.15) is 5.75 Å². The zero-order valence-electron chi connectivity index (χ0n) is 15.9. The van der Waals surface area contributed by atoms with E-state index < -0.39 is 0 Å². The minimum Gasteiger partial charge on any atom is -0.494 e. The van der Waals surface area contributed by atoms with Crippen molar-refractivity contribution in [3.05, 3.63) is 59.2 Å². The maximum absolute atomic E-state index is 12.0. The summed E-state index contributed by atoms with van der Waals surface area (Å²) in [6.07, 6.45) is 1.71. The summed E-state index contributed by atoms with van der Waals surface area (Å²) in [5.74, 6) is 0.274. The summed E-state index contributed by atoms with van der Waals surface area (Å²) in [6, 6.07) is 13.1. The summed E-state index contributed by atoms with van der Waals surface area (Å²) >= 11 is 0. The van der Waals surface area contributed by atoms with E-state index in [9.17, 15) is 9.59 Å². The van der Waals surface area contributed by atoms with Crippen LogP contribution in [0.25, 0.3) is 0 Å². The molecule has 2 aromatic rings. The van der Waals surface area contributed by atoms with Gasteiger partial charge in [0.15, 0.2) is 0 Å². The van der Waals surface area contributed by atoms with Gasteiger partial charge in [-0.2, -0.15) is 5.10 Å². The number of nitrogens with one attached hydrogen (secondary N) is 2. The predicted octanol–water partition coefficient (Wildman–Crippen LogP) is 3.57. The fraction of sp³-hybridized carbons (Fsp3) is 0.286. The molecule has 0 aromatic heterocycles. The number of nitrogens with zero attached hydrogens (tertiary/aromatic N) is 1. The Morgan fingerprint density at radius 2 is 1.74 bits per heavy atom. The molecule has 0 spiro atoms. The van der Waals surface area contributed by atoms with E-state index in [2.05, 4.69) is 15.8 Å². The Morgan fingerprint density at radius 1 is 1.04 bits per heavy atom. The summed E-state index contributed by atoms with van der Waals surface area (Å²) in [5, 5.41) is 6.74. The van der Waals surface area contributed by atoms with Crippen LogP contribution in [-0.2, 0) is 9.59 Å². The maximum Gasteiger partial charge on any atom is 0.240 e. The van der Waals surface area contributed by atoms with Gasteiger partial charge in [-0.3, -0.25) is 9.59 Å². The van der Waals surface area contributed by atoms with Crippen molar-refractivity contribution in [3.8, 4) is 5.75 Å². The first kappa shape index (κ1) is 20.2. The van der Waals surface area contributed by atoms with Crippen molar-refractivity contribution in [2.75, 3.05) is 11.9 Å². The van der Waals surface area contributed by atoms with E-state index in [0.29, 0.717) is 6.61 Å². The molecule has 2 aromatic carbocycles. The second kappa shape index (κ2) is 10.1. The molecule has 0 unspecified atom stereocenters. The number of hydrogen-bond donors (Lipinski definition) is 2. The molecular weight excluding hydrogens is 342 g/mol. The van der Waals surface area contributed by atoms with E-state index in [1.807, 2.05) is 63.2 Å². The molecule has 0 aliphatic heterocycles. The molecule has 0 aliphatic rings. The Labute approximate surface area is 159 Å². The average molecular weight is 367 g/mol. The smallest absolute Gasteiger partial charge is 0.240 e. The third-order valence-electron chi connectivity index (χ3n) is 4.05. The molecule has 2 N–H and O–H groups in total. The van der Waals surface area contributed by atoms with Crippen LogP contribution in [-0.4, -0.2) is 24.6 Å². The topological polar surface area (TPSA) is 79.8 Å². The third-order valence-corrected chi connectivity index (χ3v) is 4.05. The molecule has 0 saturated carbocycles. The minimum atomic E-state index is -0.312. The molecule has 0 atom stereocenters. The van der Waals surface area contributed by atoms with E-state index >= 15 is 0 Å². The highest BCUT2D eigenvalue weighted by Gasteiger charge is 2.08. The third kappa shape index (κ3) is 6.58. The lowest BCUT2D eigenvalue weighted by atomic mass is 10.1. The van der Waals surface area contributed by atoms with E-state index in [4.69, 9.17) is 4.74 Å². The molecule has 0 bridgehead atoms. The number of ether oxygens (including phenoxy) is 1. The summed E-state index contributed by atoms with van der Waals surface area (Å²) in [5.41, 5.74) is 6.17. The van der Waals surface area contributed by atoms with Crippen LogP contribution in [0.1, 0.15) is 36.5 Å². The average Bonchev–Trinajstić information content (AvgIpc) is 2.65. The fourth-order valence-corrected chi connectivity index (χ4v) is 2.38. The van der Waals surface area contributed by atoms with Crippen LogP contribution in [0.3, 0.4) is 0 Å². The number of carbonyl (C=O) groups excluding carboxylic acids is 2. The Bertz CT molecular complexity index is 814. The first-order chi connectivity index (χ1) is 13.0. The molecular formula is C21H25N3O3. The van der Waals surface area contributed by atoms with Crippen molar-refractivity contribution in [1.29, 1.82) is 0 Å². The van der Waals surface area contributed by atoms with Crippen LogP contribution < -0.4 is 15.5 Å². The number of hydrazone groups is 1. The minimum absolute atomic E-state index is 0.0668. The molecule has 0 aliphatic carbocycles. The van der Waals surface area contributed by atoms with Crippen LogP contribution in [0.4, 0.5) is 5.69 Å². The molecule has 6 heteroatoms. The number of benzene rings is 2. The molecule has 142 valence electrons. The van der Waals surface area contributed by atoms with Gasteiger partial charge in [-0.25, -0.2) is 5.43 Å². The number of anilines is 1. The second-order valence-corrected chi connectivity index (χ2v) is 6.09. The quantitative estimate of drug-likeness (QED) is 0.553. The Morgan fingerprint density at radius 3 is 2.44 bits per heavy atom. The molecule has 27 heavy (non-hydrogen) atoms. The van der Waals surface area contributed by atoms with Crippen molar-refractivity contribution in [2.24, 2.45) is 5.10 Å². The van der Waals surface area contributed by atoms with Gasteiger partial charge >= 0.3 is 0 Å². The number of aryl methyl sites for hydroxylation is 1. The number of hydrogen-bond acceptors (Lipinski definition) is 4. The number of rotatable bonds is 8. The Hall–Kier alpha value is -3.15. The van der Waals surface area contributed by atoms with Crippen molar-refractivity contribution in [1.82, 2.24) is 5.43 Å². The van der Waals surface area contributed by atoms with E-state index in [1.165, 1.54) is 0 Å². The van der Waals surface area contributed by atoms with Crippen molar-refractivity contribution in [2.45, 2.75) is 33.6 Å². The van der Waals surface area contributed by atoms with Crippen molar-refractivity contribution < 1.29 is 14.3 Å². The maximum atomic E-state index is 12.0. The summed E-state index contributed by atoms with van der Waals surface area (Å²) in [4.78, 5) is 23.8. The highest BCUT2D eigenvalue weighted by Crippen LogP contribution is 2.18. The van der Waals surface area contributed by atoms with Crippen LogP contribution in [0.5, 0.6) is 5.75 Å². The lowest BCUT2D eigenvalue weighted by Crippen LogP contribution is -2.21. The zero-order chi connectivity index (χ0) is 19.6. The van der Waals surface area contributed by atoms with Gasteiger partial charge in [-0.1, -0.05) is 12.1 Å². The van der Waals surface area contributed by atoms with Gasteiger partial charge in [-0.15, -0.1) is 0 Å². The zero-order valence-corrected chi connectivity index (χ0v) is 15.9. The molecule has 0 fully saturated rings. The second-order valence-electron chi connectivity index (χ2n) is 6.09. The molecule has 0 radical (unpaired) electrons. The highest BCUT2D eigenvalue weighted by molar-refractivity contribution is 5.94. The van der Waals surface area contributed by atoms with Gasteiger partial charge in [0.25, 0.3) is 0 Å². The van der Waals surface area contributed by atoms with Crippen molar-refractivity contribution in [3.63, 3.8) is 0 Å². The van der Waals surface area contributed by atoms with Crippen LogP contribution in [0, 0.1) is 13.8 Å². The van der Waals surface area contributed by atoms with E-state index in [0.717, 1.165) is 28.1 Å². The first-order valence-corrected chi connectivity index (χ1v) is 8.90. The van der Waals surface area contributed by atoms with Crippen LogP contribution >= 0.6 is 0 Å². The molecule has 2 amide bonds. The van der Waals surface area contributed by atoms with Gasteiger partial charge in [0, 0.05) is 18.5 Å². The van der Waals surface area contributed by atoms with E-state index in [1.54, 1.807) is 6.21 Å². The van der Waals surface area contributed by atoms with Crippen LogP contribution in [0.15, 0.2) is 47.6 Å². The summed E-state index contributed by atoms with van der Waals surface area (Å²) < 4.78 is 5.36. The van der Waals surface area contributed by atoms with E-state index in [-0.39, 0.29) is 24.7 Å². The Kier molecular flexibility index (Phi) is 7.55. The monoisotopic (exact) mass is 367 g/mol. The number of amides is 2. The highest BCUT2D eigenvalue weighted by atomic mass is 16.5. The summed E-state index contributed by atoms with van der Waals surface area (Å²) in [7, 11) is 0. The first-order valence-electron chi connectivity index (χ1n) is 8.90. The van der Waals surface area contributed by atoms with Crippen LogP contribution in [0.2, 0.25) is 0 Å². The fourth-order valence-electron chi connectivity index (χ4n) is 2.38. The SMILES string of the molecule is CCOc1ccc(C=NNC(=O)CCC(=O)Nc2cccc(C)c2C)cc1. The normalized spacial score (nSPS) is 10.6. The van der Waals surface area contributed by atoms with Gasteiger partial charge in [0.05, 0.1) is 12.8 Å². The van der Waals surface area contributed by atoms with Gasteiger partial charge in [-0.05, 0) is 67.8 Å². The van der Waals surface area contributed by atoms with Gasteiger partial charge < -0.3 is 10.1 Å². The summed E-state index contributed by atoms with van der Waals surface area (Å²) in [6.45, 7) is 6.47. The predicted molar refractivity (Wildman–Crippen MR) is 107 cm³/mol. The molecule has 2 rings (SSSR count). The van der Waals surface area contributed by atoms with Crippen molar-refractivity contribution >= 4 is 23.7 Å². The standard InChI is InChI=1S/C21H25N3O3/c1-4-27-18-10-8-17(9-11-18)14-22-24-21(26)13-12-20(25)23-19-7-5-6-15(2)16(19)3/h5-11,14H,4,12-13H2,1-3H3,(H,23,25)(H,24,26).